The van der Waals surface area contributed by atoms with Crippen LogP contribution in [-0.4, -0.2) is 52.8 Å². The average molecular weight is 387 g/mol. The average Bonchev–Trinajstić information content (AvgIpc) is 2.70. The zero-order valence-electron chi connectivity index (χ0n) is 15.9. The van der Waals surface area contributed by atoms with Crippen LogP contribution in [0, 0.1) is 0 Å². The van der Waals surface area contributed by atoms with Crippen LogP contribution in [-0.2, 0) is 19.2 Å². The van der Waals surface area contributed by atoms with Crippen LogP contribution in [0.4, 0.5) is 11.4 Å². The fourth-order valence-electron chi connectivity index (χ4n) is 4.04. The molecule has 3 amide bonds. The molecule has 8 nitrogen and oxygen atoms in total. The fraction of sp³-hybridized carbons (Fsp3) is 0.500. The van der Waals surface area contributed by atoms with E-state index in [-0.39, 0.29) is 37.1 Å². The predicted octanol–water partition coefficient (Wildman–Crippen LogP) is 2.00. The van der Waals surface area contributed by atoms with Gasteiger partial charge in [0.1, 0.15) is 12.1 Å². The number of fused-ring (bicyclic) bond motifs is 1. The quantitative estimate of drug-likeness (QED) is 0.804. The maximum Gasteiger partial charge on any atom is 0.329 e. The lowest BCUT2D eigenvalue weighted by Gasteiger charge is -2.41. The molecule has 0 saturated heterocycles. The summed E-state index contributed by atoms with van der Waals surface area (Å²) in [5.74, 6) is -1.98. The second-order valence-corrected chi connectivity index (χ2v) is 7.40. The van der Waals surface area contributed by atoms with Gasteiger partial charge < -0.3 is 20.2 Å². The molecule has 1 aromatic carbocycles. The lowest BCUT2D eigenvalue weighted by molar-refractivity contribution is -0.160. The van der Waals surface area contributed by atoms with E-state index in [4.69, 9.17) is 0 Å². The molecular formula is C20H25N3O5. The van der Waals surface area contributed by atoms with Gasteiger partial charge in [-0.25, -0.2) is 4.79 Å². The van der Waals surface area contributed by atoms with Crippen molar-refractivity contribution in [3.05, 3.63) is 24.3 Å². The molecule has 28 heavy (non-hydrogen) atoms. The second-order valence-electron chi connectivity index (χ2n) is 7.40. The standard InChI is InChI=1S/C20H25N3O5/c1-22(20(19(27)28)11-5-2-6-12-20)17(25)9-10-18(26)23-13-16(24)21-14-7-3-4-8-15(14)23/h3-4,7-8H,2,5-6,9-13H2,1H3,(H,21,24)(H,27,28). The molecule has 0 bridgehead atoms. The summed E-state index contributed by atoms with van der Waals surface area (Å²) in [7, 11) is 1.51. The summed E-state index contributed by atoms with van der Waals surface area (Å²) >= 11 is 0. The van der Waals surface area contributed by atoms with Crippen molar-refractivity contribution in [1.82, 2.24) is 4.90 Å². The molecule has 1 heterocycles. The Kier molecular flexibility index (Phi) is 5.67. The molecule has 150 valence electrons. The van der Waals surface area contributed by atoms with E-state index in [0.717, 1.165) is 19.3 Å². The molecule has 2 aliphatic rings. The van der Waals surface area contributed by atoms with Gasteiger partial charge in [0.25, 0.3) is 0 Å². The van der Waals surface area contributed by atoms with Crippen molar-refractivity contribution in [2.75, 3.05) is 23.8 Å². The van der Waals surface area contributed by atoms with Crippen molar-refractivity contribution >= 4 is 35.1 Å². The first-order valence-electron chi connectivity index (χ1n) is 9.54. The number of carboxylic acid groups (broad SMARTS) is 1. The molecule has 8 heteroatoms. The van der Waals surface area contributed by atoms with E-state index in [1.165, 1.54) is 16.8 Å². The highest BCUT2D eigenvalue weighted by Crippen LogP contribution is 2.34. The van der Waals surface area contributed by atoms with Crippen LogP contribution in [0.5, 0.6) is 0 Å². The lowest BCUT2D eigenvalue weighted by Crippen LogP contribution is -2.56. The van der Waals surface area contributed by atoms with Crippen molar-refractivity contribution in [2.45, 2.75) is 50.5 Å². The highest BCUT2D eigenvalue weighted by Gasteiger charge is 2.45. The molecule has 1 saturated carbocycles. The van der Waals surface area contributed by atoms with Gasteiger partial charge in [0.15, 0.2) is 0 Å². The number of anilines is 2. The molecule has 0 spiro atoms. The summed E-state index contributed by atoms with van der Waals surface area (Å²) in [5, 5.41) is 12.4. The summed E-state index contributed by atoms with van der Waals surface area (Å²) in [5.41, 5.74) is -0.0273. The summed E-state index contributed by atoms with van der Waals surface area (Å²) < 4.78 is 0. The predicted molar refractivity (Wildman–Crippen MR) is 103 cm³/mol. The van der Waals surface area contributed by atoms with Gasteiger partial charge in [-0.15, -0.1) is 0 Å². The molecule has 1 fully saturated rings. The SMILES string of the molecule is CN(C(=O)CCC(=O)N1CC(=O)Nc2ccccc21)C1(C(=O)O)CCCCC1. The Morgan fingerprint density at radius 2 is 1.82 bits per heavy atom. The van der Waals surface area contributed by atoms with E-state index < -0.39 is 11.5 Å². The normalized spacial score (nSPS) is 18.0. The van der Waals surface area contributed by atoms with Crippen LogP contribution in [0.25, 0.3) is 0 Å². The number of nitrogens with zero attached hydrogens (tertiary/aromatic N) is 2. The van der Waals surface area contributed by atoms with Gasteiger partial charge in [-0.1, -0.05) is 31.4 Å². The first-order valence-corrected chi connectivity index (χ1v) is 9.54. The number of benzene rings is 1. The zero-order valence-corrected chi connectivity index (χ0v) is 15.9. The van der Waals surface area contributed by atoms with E-state index in [2.05, 4.69) is 5.32 Å². The second kappa shape index (κ2) is 8.00. The Bertz CT molecular complexity index is 801. The van der Waals surface area contributed by atoms with Crippen molar-refractivity contribution < 1.29 is 24.3 Å². The van der Waals surface area contributed by atoms with E-state index in [0.29, 0.717) is 24.2 Å². The van der Waals surface area contributed by atoms with E-state index in [9.17, 15) is 24.3 Å². The smallest absolute Gasteiger partial charge is 0.329 e. The molecule has 0 unspecified atom stereocenters. The van der Waals surface area contributed by atoms with Crippen LogP contribution in [0.1, 0.15) is 44.9 Å². The summed E-state index contributed by atoms with van der Waals surface area (Å²) in [6, 6.07) is 6.99. The topological polar surface area (TPSA) is 107 Å². The summed E-state index contributed by atoms with van der Waals surface area (Å²) in [6.07, 6.45) is 3.18. The minimum Gasteiger partial charge on any atom is -0.479 e. The third kappa shape index (κ3) is 3.72. The number of carboxylic acids is 1. The Hall–Kier alpha value is -2.90. The molecule has 3 rings (SSSR count). The van der Waals surface area contributed by atoms with Gasteiger partial charge in [0.05, 0.1) is 11.4 Å². The lowest BCUT2D eigenvalue weighted by atomic mass is 9.80. The van der Waals surface area contributed by atoms with Crippen LogP contribution in [0.3, 0.4) is 0 Å². The highest BCUT2D eigenvalue weighted by atomic mass is 16.4. The third-order valence-corrected chi connectivity index (χ3v) is 5.72. The zero-order chi connectivity index (χ0) is 20.3. The van der Waals surface area contributed by atoms with Crippen molar-refractivity contribution in [2.24, 2.45) is 0 Å². The number of likely N-dealkylation sites (N-methyl/N-ethyl adjacent to an activating group) is 1. The van der Waals surface area contributed by atoms with Gasteiger partial charge >= 0.3 is 5.97 Å². The minimum absolute atomic E-state index is 0.0829. The minimum atomic E-state index is -1.18. The monoisotopic (exact) mass is 387 g/mol. The first-order chi connectivity index (χ1) is 13.3. The van der Waals surface area contributed by atoms with Crippen LogP contribution in [0.15, 0.2) is 24.3 Å². The molecule has 1 aliphatic carbocycles. The molecule has 0 radical (unpaired) electrons. The Morgan fingerprint density at radius 3 is 2.50 bits per heavy atom. The number of hydrogen-bond acceptors (Lipinski definition) is 4. The van der Waals surface area contributed by atoms with Crippen LogP contribution in [0.2, 0.25) is 0 Å². The van der Waals surface area contributed by atoms with E-state index >= 15 is 0 Å². The van der Waals surface area contributed by atoms with Gasteiger partial charge in [-0.2, -0.15) is 0 Å². The highest BCUT2D eigenvalue weighted by molar-refractivity contribution is 6.10. The summed E-state index contributed by atoms with van der Waals surface area (Å²) in [4.78, 5) is 51.8. The first kappa shape index (κ1) is 19.9. The fourth-order valence-corrected chi connectivity index (χ4v) is 4.04. The number of amides is 3. The number of rotatable bonds is 5. The number of carbonyl (C=O) groups excluding carboxylic acids is 3. The maximum atomic E-state index is 12.7. The van der Waals surface area contributed by atoms with Crippen molar-refractivity contribution in [3.8, 4) is 0 Å². The Labute approximate surface area is 163 Å². The number of aliphatic carboxylic acids is 1. The van der Waals surface area contributed by atoms with Crippen LogP contribution < -0.4 is 10.2 Å². The number of para-hydroxylation sites is 2. The molecule has 1 aromatic rings. The molecular weight excluding hydrogens is 362 g/mol. The van der Waals surface area contributed by atoms with Crippen molar-refractivity contribution in [3.63, 3.8) is 0 Å². The van der Waals surface area contributed by atoms with Crippen molar-refractivity contribution in [1.29, 1.82) is 0 Å². The number of hydrogen-bond donors (Lipinski definition) is 2. The number of carbonyl (C=O) groups is 4. The molecule has 0 aromatic heterocycles. The Balaban J connectivity index is 1.67. The summed E-state index contributed by atoms with van der Waals surface area (Å²) in [6.45, 7) is -0.0983. The third-order valence-electron chi connectivity index (χ3n) is 5.72. The number of nitrogens with one attached hydrogen (secondary N) is 1. The van der Waals surface area contributed by atoms with Gasteiger partial charge in [0, 0.05) is 19.9 Å². The van der Waals surface area contributed by atoms with Gasteiger partial charge in [-0.3, -0.25) is 14.4 Å². The molecule has 1 aliphatic heterocycles. The van der Waals surface area contributed by atoms with E-state index in [1.807, 2.05) is 0 Å². The van der Waals surface area contributed by atoms with Crippen LogP contribution >= 0.6 is 0 Å². The maximum absolute atomic E-state index is 12.7. The molecule has 0 atom stereocenters. The van der Waals surface area contributed by atoms with E-state index in [1.54, 1.807) is 24.3 Å². The van der Waals surface area contributed by atoms with Gasteiger partial charge in [-0.05, 0) is 25.0 Å². The Morgan fingerprint density at radius 1 is 1.14 bits per heavy atom. The molecule has 2 N–H and O–H groups in total. The largest absolute Gasteiger partial charge is 0.479 e. The van der Waals surface area contributed by atoms with Gasteiger partial charge in [0.2, 0.25) is 17.7 Å².